The molecule has 4 heteroatoms. The fraction of sp³-hybridized carbons (Fsp3) is 0.188. The van der Waals surface area contributed by atoms with Gasteiger partial charge in [-0.15, -0.1) is 0 Å². The van der Waals surface area contributed by atoms with Crippen molar-refractivity contribution in [3.05, 3.63) is 58.1 Å². The lowest BCUT2D eigenvalue weighted by molar-refractivity contribution is 0.637. The second-order valence-corrected chi connectivity index (χ2v) is 5.59. The molecule has 0 aliphatic heterocycles. The van der Waals surface area contributed by atoms with E-state index in [1.165, 1.54) is 23.6 Å². The largest absolute Gasteiger partial charge is 0.328 e. The van der Waals surface area contributed by atoms with Gasteiger partial charge in [0.1, 0.15) is 11.3 Å². The van der Waals surface area contributed by atoms with E-state index in [1.807, 2.05) is 10.6 Å². The standard InChI is InChI=1S/C16H13FN2S/c17-13-5-2-6-14-15(13)18-16(20)19(14)12-8-7-10-3-1-4-11(10)9-12/h2,5-9H,1,3-4H2,(H,18,20). The smallest absolute Gasteiger partial charge is 0.182 e. The lowest BCUT2D eigenvalue weighted by Gasteiger charge is -2.07. The summed E-state index contributed by atoms with van der Waals surface area (Å²) < 4.78 is 16.3. The lowest BCUT2D eigenvalue weighted by atomic mass is 10.1. The molecule has 100 valence electrons. The average molecular weight is 284 g/mol. The van der Waals surface area contributed by atoms with E-state index in [9.17, 15) is 4.39 Å². The molecule has 0 fully saturated rings. The number of aryl methyl sites for hydroxylation is 2. The van der Waals surface area contributed by atoms with E-state index >= 15 is 0 Å². The Morgan fingerprint density at radius 3 is 2.85 bits per heavy atom. The summed E-state index contributed by atoms with van der Waals surface area (Å²) in [5, 5.41) is 0. The van der Waals surface area contributed by atoms with E-state index in [-0.39, 0.29) is 5.82 Å². The molecule has 0 radical (unpaired) electrons. The Labute approximate surface area is 120 Å². The van der Waals surface area contributed by atoms with Crippen molar-refractivity contribution in [3.63, 3.8) is 0 Å². The van der Waals surface area contributed by atoms with Crippen molar-refractivity contribution >= 4 is 23.3 Å². The zero-order valence-electron chi connectivity index (χ0n) is 10.8. The third-order valence-corrected chi connectivity index (χ3v) is 4.29. The first-order valence-electron chi connectivity index (χ1n) is 6.75. The van der Waals surface area contributed by atoms with Crippen molar-refractivity contribution in [1.29, 1.82) is 0 Å². The zero-order chi connectivity index (χ0) is 13.7. The minimum atomic E-state index is -0.270. The third kappa shape index (κ3) is 1.64. The summed E-state index contributed by atoms with van der Waals surface area (Å²) in [5.74, 6) is -0.270. The summed E-state index contributed by atoms with van der Waals surface area (Å²) in [4.78, 5) is 2.96. The van der Waals surface area contributed by atoms with E-state index in [0.29, 0.717) is 10.3 Å². The Morgan fingerprint density at radius 2 is 1.95 bits per heavy atom. The monoisotopic (exact) mass is 284 g/mol. The van der Waals surface area contributed by atoms with Crippen molar-refractivity contribution in [2.24, 2.45) is 0 Å². The van der Waals surface area contributed by atoms with Crippen LogP contribution in [0.4, 0.5) is 4.39 Å². The van der Waals surface area contributed by atoms with Crippen LogP contribution >= 0.6 is 12.2 Å². The molecule has 4 rings (SSSR count). The molecule has 20 heavy (non-hydrogen) atoms. The van der Waals surface area contributed by atoms with Gasteiger partial charge in [0.15, 0.2) is 4.77 Å². The third-order valence-electron chi connectivity index (χ3n) is 4.01. The van der Waals surface area contributed by atoms with E-state index < -0.39 is 0 Å². The fourth-order valence-corrected chi connectivity index (χ4v) is 3.35. The molecule has 0 amide bonds. The van der Waals surface area contributed by atoms with Crippen molar-refractivity contribution in [2.45, 2.75) is 19.3 Å². The number of aromatic amines is 1. The second-order valence-electron chi connectivity index (χ2n) is 5.21. The van der Waals surface area contributed by atoms with Gasteiger partial charge in [0, 0.05) is 5.69 Å². The van der Waals surface area contributed by atoms with Crippen LogP contribution in [0, 0.1) is 10.6 Å². The van der Waals surface area contributed by atoms with Gasteiger partial charge in [0.05, 0.1) is 5.52 Å². The minimum absolute atomic E-state index is 0.270. The maximum Gasteiger partial charge on any atom is 0.182 e. The number of nitrogens with one attached hydrogen (secondary N) is 1. The van der Waals surface area contributed by atoms with Crippen LogP contribution in [0.25, 0.3) is 16.7 Å². The Kier molecular flexibility index (Phi) is 2.54. The molecule has 0 unspecified atom stereocenters. The van der Waals surface area contributed by atoms with Crippen molar-refractivity contribution in [2.75, 3.05) is 0 Å². The zero-order valence-corrected chi connectivity index (χ0v) is 11.6. The lowest BCUT2D eigenvalue weighted by Crippen LogP contribution is -1.95. The van der Waals surface area contributed by atoms with Crippen molar-refractivity contribution < 1.29 is 4.39 Å². The van der Waals surface area contributed by atoms with Gasteiger partial charge in [-0.1, -0.05) is 12.1 Å². The molecule has 0 saturated carbocycles. The highest BCUT2D eigenvalue weighted by molar-refractivity contribution is 7.71. The van der Waals surface area contributed by atoms with E-state index in [0.717, 1.165) is 24.0 Å². The minimum Gasteiger partial charge on any atom is -0.328 e. The maximum atomic E-state index is 13.8. The van der Waals surface area contributed by atoms with Gasteiger partial charge in [0.2, 0.25) is 0 Å². The summed E-state index contributed by atoms with van der Waals surface area (Å²) >= 11 is 5.36. The molecule has 1 heterocycles. The number of rotatable bonds is 1. The first kappa shape index (κ1) is 11.9. The number of imidazole rings is 1. The van der Waals surface area contributed by atoms with E-state index in [2.05, 4.69) is 23.2 Å². The molecule has 0 spiro atoms. The quantitative estimate of drug-likeness (QED) is 0.660. The molecule has 3 aromatic rings. The number of aromatic nitrogens is 2. The van der Waals surface area contributed by atoms with Crippen LogP contribution in [0.5, 0.6) is 0 Å². The van der Waals surface area contributed by atoms with Crippen LogP contribution in [0.1, 0.15) is 17.5 Å². The normalized spacial score (nSPS) is 13.8. The summed E-state index contributed by atoms with van der Waals surface area (Å²) in [6.45, 7) is 0. The number of hydrogen-bond donors (Lipinski definition) is 1. The predicted octanol–water partition coefficient (Wildman–Crippen LogP) is 4.32. The van der Waals surface area contributed by atoms with Crippen LogP contribution < -0.4 is 0 Å². The molecule has 0 saturated heterocycles. The Balaban J connectivity index is 2.01. The van der Waals surface area contributed by atoms with Gasteiger partial charge in [0.25, 0.3) is 0 Å². The van der Waals surface area contributed by atoms with E-state index in [1.54, 1.807) is 6.07 Å². The fourth-order valence-electron chi connectivity index (χ4n) is 3.05. The summed E-state index contributed by atoms with van der Waals surface area (Å²) in [6.07, 6.45) is 3.49. The number of para-hydroxylation sites is 1. The van der Waals surface area contributed by atoms with Gasteiger partial charge < -0.3 is 4.98 Å². The highest BCUT2D eigenvalue weighted by Crippen LogP contribution is 2.27. The molecule has 1 N–H and O–H groups in total. The number of hydrogen-bond acceptors (Lipinski definition) is 1. The first-order valence-corrected chi connectivity index (χ1v) is 7.16. The average Bonchev–Trinajstić information content (AvgIpc) is 3.02. The number of fused-ring (bicyclic) bond motifs is 2. The molecule has 0 atom stereocenters. The van der Waals surface area contributed by atoms with Crippen LogP contribution in [-0.4, -0.2) is 9.55 Å². The summed E-state index contributed by atoms with van der Waals surface area (Å²) in [6, 6.07) is 11.5. The molecular weight excluding hydrogens is 271 g/mol. The van der Waals surface area contributed by atoms with Crippen LogP contribution in [0.2, 0.25) is 0 Å². The number of halogens is 1. The van der Waals surface area contributed by atoms with Crippen LogP contribution in [0.3, 0.4) is 0 Å². The maximum absolute atomic E-state index is 13.8. The van der Waals surface area contributed by atoms with Gasteiger partial charge in [-0.25, -0.2) is 4.39 Å². The van der Waals surface area contributed by atoms with E-state index in [4.69, 9.17) is 12.2 Å². The van der Waals surface area contributed by atoms with Crippen LogP contribution in [0.15, 0.2) is 36.4 Å². The predicted molar refractivity (Wildman–Crippen MR) is 80.4 cm³/mol. The van der Waals surface area contributed by atoms with Gasteiger partial charge >= 0.3 is 0 Å². The molecular formula is C16H13FN2S. The molecule has 1 aliphatic rings. The summed E-state index contributed by atoms with van der Waals surface area (Å²) in [7, 11) is 0. The SMILES string of the molecule is Fc1cccc2c1[nH]c(=S)n2-c1ccc2c(c1)CCC2. The number of benzene rings is 2. The molecule has 1 aliphatic carbocycles. The Hall–Kier alpha value is -1.94. The van der Waals surface area contributed by atoms with Gasteiger partial charge in [-0.2, -0.15) is 0 Å². The highest BCUT2D eigenvalue weighted by atomic mass is 32.1. The number of nitrogens with zero attached hydrogens (tertiary/aromatic N) is 1. The molecule has 2 aromatic carbocycles. The van der Waals surface area contributed by atoms with Crippen LogP contribution in [-0.2, 0) is 12.8 Å². The highest BCUT2D eigenvalue weighted by Gasteiger charge is 2.14. The summed E-state index contributed by atoms with van der Waals surface area (Å²) in [5.41, 5.74) is 5.07. The van der Waals surface area contributed by atoms with Crippen molar-refractivity contribution in [3.8, 4) is 5.69 Å². The molecule has 2 nitrogen and oxygen atoms in total. The number of H-pyrrole nitrogens is 1. The topological polar surface area (TPSA) is 20.7 Å². The molecule has 1 aromatic heterocycles. The van der Waals surface area contributed by atoms with Gasteiger partial charge in [-0.05, 0) is 66.9 Å². The Bertz CT molecular complexity index is 876. The first-order chi connectivity index (χ1) is 9.74. The molecule has 0 bridgehead atoms. The Morgan fingerprint density at radius 1 is 1.10 bits per heavy atom. The van der Waals surface area contributed by atoms with Gasteiger partial charge in [-0.3, -0.25) is 4.57 Å². The van der Waals surface area contributed by atoms with Crippen molar-refractivity contribution in [1.82, 2.24) is 9.55 Å². The second kappa shape index (κ2) is 4.28.